The van der Waals surface area contributed by atoms with Gasteiger partial charge in [0.05, 0.1) is 6.10 Å². The standard InChI is InChI=1S/C12H23N3O/c1-10(2)12(3,4)11(16)6-5-7-15-9-13-8-14-15/h8-11,16H,5-7H2,1-4H3. The molecule has 1 unspecified atom stereocenters. The number of aliphatic hydroxyl groups is 1. The summed E-state index contributed by atoms with van der Waals surface area (Å²) < 4.78 is 1.80. The molecule has 92 valence electrons. The fraction of sp³-hybridized carbons (Fsp3) is 0.833. The largest absolute Gasteiger partial charge is 0.393 e. The summed E-state index contributed by atoms with van der Waals surface area (Å²) in [5, 5.41) is 14.2. The molecular formula is C12H23N3O. The van der Waals surface area contributed by atoms with Crippen molar-refractivity contribution < 1.29 is 5.11 Å². The zero-order valence-corrected chi connectivity index (χ0v) is 10.7. The summed E-state index contributed by atoms with van der Waals surface area (Å²) in [7, 11) is 0. The SMILES string of the molecule is CC(C)C(C)(C)C(O)CCCn1cncn1. The molecule has 16 heavy (non-hydrogen) atoms. The maximum Gasteiger partial charge on any atom is 0.137 e. The monoisotopic (exact) mass is 225 g/mol. The molecule has 0 fully saturated rings. The normalized spacial score (nSPS) is 14.4. The Labute approximate surface area is 97.7 Å². The number of aromatic nitrogens is 3. The van der Waals surface area contributed by atoms with Crippen LogP contribution in [0, 0.1) is 11.3 Å². The molecule has 0 saturated heterocycles. The summed E-state index contributed by atoms with van der Waals surface area (Å²) in [5.41, 5.74) is -0.0254. The zero-order chi connectivity index (χ0) is 12.2. The molecule has 4 heteroatoms. The van der Waals surface area contributed by atoms with Gasteiger partial charge in [0, 0.05) is 6.54 Å². The lowest BCUT2D eigenvalue weighted by molar-refractivity contribution is 0.00925. The highest BCUT2D eigenvalue weighted by Gasteiger charge is 2.30. The van der Waals surface area contributed by atoms with Crippen molar-refractivity contribution in [1.29, 1.82) is 0 Å². The van der Waals surface area contributed by atoms with E-state index in [-0.39, 0.29) is 11.5 Å². The predicted molar refractivity (Wildman–Crippen MR) is 63.9 cm³/mol. The van der Waals surface area contributed by atoms with Crippen molar-refractivity contribution in [1.82, 2.24) is 14.8 Å². The van der Waals surface area contributed by atoms with Crippen molar-refractivity contribution in [3.05, 3.63) is 12.7 Å². The number of nitrogens with zero attached hydrogens (tertiary/aromatic N) is 3. The molecule has 0 aliphatic heterocycles. The Morgan fingerprint density at radius 1 is 1.38 bits per heavy atom. The van der Waals surface area contributed by atoms with E-state index in [0.29, 0.717) is 5.92 Å². The van der Waals surface area contributed by atoms with E-state index in [2.05, 4.69) is 37.8 Å². The molecule has 0 aliphatic rings. The Balaban J connectivity index is 2.32. The second-order valence-electron chi connectivity index (χ2n) is 5.29. The molecule has 0 aliphatic carbocycles. The topological polar surface area (TPSA) is 50.9 Å². The number of rotatable bonds is 6. The number of aryl methyl sites for hydroxylation is 1. The van der Waals surface area contributed by atoms with Crippen LogP contribution in [0.3, 0.4) is 0 Å². The van der Waals surface area contributed by atoms with E-state index in [9.17, 15) is 5.11 Å². The van der Waals surface area contributed by atoms with E-state index >= 15 is 0 Å². The van der Waals surface area contributed by atoms with Crippen molar-refractivity contribution >= 4 is 0 Å². The Morgan fingerprint density at radius 3 is 2.56 bits per heavy atom. The van der Waals surface area contributed by atoms with Gasteiger partial charge in [-0.3, -0.25) is 4.68 Å². The van der Waals surface area contributed by atoms with Crippen LogP contribution >= 0.6 is 0 Å². The van der Waals surface area contributed by atoms with Gasteiger partial charge in [0.1, 0.15) is 12.7 Å². The fourth-order valence-electron chi connectivity index (χ4n) is 1.55. The summed E-state index contributed by atoms with van der Waals surface area (Å²) in [4.78, 5) is 3.89. The summed E-state index contributed by atoms with van der Waals surface area (Å²) >= 11 is 0. The third kappa shape index (κ3) is 3.30. The van der Waals surface area contributed by atoms with Crippen LogP contribution in [0.4, 0.5) is 0 Å². The van der Waals surface area contributed by atoms with Crippen LogP contribution in [-0.2, 0) is 6.54 Å². The van der Waals surface area contributed by atoms with Crippen molar-refractivity contribution in [2.75, 3.05) is 0 Å². The summed E-state index contributed by atoms with van der Waals surface area (Å²) in [5.74, 6) is 0.480. The first kappa shape index (κ1) is 13.2. The Hall–Kier alpha value is -0.900. The van der Waals surface area contributed by atoms with Crippen LogP contribution < -0.4 is 0 Å². The number of hydrogen-bond donors (Lipinski definition) is 1. The minimum atomic E-state index is -0.254. The van der Waals surface area contributed by atoms with Gasteiger partial charge in [-0.25, -0.2) is 4.98 Å². The first-order valence-electron chi connectivity index (χ1n) is 5.95. The second-order valence-corrected chi connectivity index (χ2v) is 5.29. The van der Waals surface area contributed by atoms with Gasteiger partial charge in [-0.05, 0) is 24.2 Å². The highest BCUT2D eigenvalue weighted by molar-refractivity contribution is 4.80. The van der Waals surface area contributed by atoms with Crippen LogP contribution in [0.25, 0.3) is 0 Å². The quantitative estimate of drug-likeness (QED) is 0.806. The van der Waals surface area contributed by atoms with Gasteiger partial charge < -0.3 is 5.11 Å². The smallest absolute Gasteiger partial charge is 0.137 e. The van der Waals surface area contributed by atoms with Gasteiger partial charge >= 0.3 is 0 Å². The van der Waals surface area contributed by atoms with Gasteiger partial charge in [0.15, 0.2) is 0 Å². The predicted octanol–water partition coefficient (Wildman–Crippen LogP) is 2.10. The van der Waals surface area contributed by atoms with Crippen LogP contribution in [0.1, 0.15) is 40.5 Å². The molecule has 0 spiro atoms. The molecular weight excluding hydrogens is 202 g/mol. The molecule has 1 aromatic rings. The van der Waals surface area contributed by atoms with Crippen LogP contribution in [0.2, 0.25) is 0 Å². The van der Waals surface area contributed by atoms with Crippen molar-refractivity contribution in [3.63, 3.8) is 0 Å². The summed E-state index contributed by atoms with van der Waals surface area (Å²) in [6.07, 6.45) is 4.73. The maximum absolute atomic E-state index is 10.1. The first-order valence-corrected chi connectivity index (χ1v) is 5.95. The third-order valence-electron chi connectivity index (χ3n) is 3.68. The van der Waals surface area contributed by atoms with Crippen LogP contribution in [0.5, 0.6) is 0 Å². The van der Waals surface area contributed by atoms with Crippen molar-refractivity contribution in [2.45, 2.75) is 53.2 Å². The van der Waals surface area contributed by atoms with Gasteiger partial charge in [-0.2, -0.15) is 5.10 Å². The molecule has 4 nitrogen and oxygen atoms in total. The van der Waals surface area contributed by atoms with E-state index in [1.165, 1.54) is 6.33 Å². The first-order chi connectivity index (χ1) is 7.44. The molecule has 0 amide bonds. The summed E-state index contributed by atoms with van der Waals surface area (Å²) in [6, 6.07) is 0. The molecule has 0 saturated carbocycles. The van der Waals surface area contributed by atoms with E-state index in [4.69, 9.17) is 0 Å². The van der Waals surface area contributed by atoms with E-state index in [0.717, 1.165) is 19.4 Å². The Morgan fingerprint density at radius 2 is 2.06 bits per heavy atom. The third-order valence-corrected chi connectivity index (χ3v) is 3.68. The van der Waals surface area contributed by atoms with E-state index in [1.54, 1.807) is 11.0 Å². The van der Waals surface area contributed by atoms with Gasteiger partial charge in [-0.1, -0.05) is 27.7 Å². The minimum Gasteiger partial charge on any atom is -0.393 e. The van der Waals surface area contributed by atoms with Gasteiger partial charge in [0.25, 0.3) is 0 Å². The Kier molecular flexibility index (Phi) is 4.47. The average Bonchev–Trinajstić information content (AvgIpc) is 2.70. The summed E-state index contributed by atoms with van der Waals surface area (Å²) in [6.45, 7) is 9.38. The number of aliphatic hydroxyl groups excluding tert-OH is 1. The molecule has 0 radical (unpaired) electrons. The molecule has 1 rings (SSSR count). The van der Waals surface area contributed by atoms with Crippen LogP contribution in [-0.4, -0.2) is 26.0 Å². The highest BCUT2D eigenvalue weighted by atomic mass is 16.3. The van der Waals surface area contributed by atoms with Gasteiger partial charge in [0.2, 0.25) is 0 Å². The Bertz CT molecular complexity index is 293. The fourth-order valence-corrected chi connectivity index (χ4v) is 1.55. The second kappa shape index (κ2) is 5.43. The number of hydrogen-bond acceptors (Lipinski definition) is 3. The maximum atomic E-state index is 10.1. The van der Waals surface area contributed by atoms with Crippen molar-refractivity contribution in [2.24, 2.45) is 11.3 Å². The van der Waals surface area contributed by atoms with E-state index in [1.807, 2.05) is 0 Å². The molecule has 0 bridgehead atoms. The van der Waals surface area contributed by atoms with Gasteiger partial charge in [-0.15, -0.1) is 0 Å². The average molecular weight is 225 g/mol. The molecule has 1 heterocycles. The van der Waals surface area contributed by atoms with E-state index < -0.39 is 0 Å². The zero-order valence-electron chi connectivity index (χ0n) is 10.7. The molecule has 1 atom stereocenters. The van der Waals surface area contributed by atoms with Crippen molar-refractivity contribution in [3.8, 4) is 0 Å². The molecule has 1 N–H and O–H groups in total. The lowest BCUT2D eigenvalue weighted by Crippen LogP contribution is -2.34. The molecule has 1 aromatic heterocycles. The highest BCUT2D eigenvalue weighted by Crippen LogP contribution is 2.32. The lowest BCUT2D eigenvalue weighted by atomic mass is 9.75. The van der Waals surface area contributed by atoms with Crippen LogP contribution in [0.15, 0.2) is 12.7 Å². The minimum absolute atomic E-state index is 0.0254. The lowest BCUT2D eigenvalue weighted by Gasteiger charge is -2.34. The molecule has 0 aromatic carbocycles.